The Morgan fingerprint density at radius 1 is 0.654 bits per heavy atom. The van der Waals surface area contributed by atoms with E-state index < -0.39 is 102 Å². The van der Waals surface area contributed by atoms with Crippen molar-refractivity contribution in [2.75, 3.05) is 14.2 Å². The molecule has 0 radical (unpaired) electrons. The molecule has 2 saturated carbocycles. The predicted molar refractivity (Wildman–Crippen MR) is 162 cm³/mol. The first-order chi connectivity index (χ1) is 23.9. The normalized spacial score (nSPS) is 26.9. The van der Waals surface area contributed by atoms with Gasteiger partial charge in [0.15, 0.2) is 0 Å². The quantitative estimate of drug-likeness (QED) is 0.107. The van der Waals surface area contributed by atoms with Gasteiger partial charge >= 0.3 is 47.7 Å². The number of carbonyl (C=O) groups is 2. The lowest BCUT2D eigenvalue weighted by atomic mass is 9.82. The van der Waals surface area contributed by atoms with E-state index in [-0.39, 0.29) is 12.8 Å². The van der Waals surface area contributed by atoms with E-state index >= 15 is 8.78 Å². The lowest BCUT2D eigenvalue weighted by molar-refractivity contribution is -0.443. The van der Waals surface area contributed by atoms with Crippen LogP contribution in [0.1, 0.15) is 44.6 Å². The van der Waals surface area contributed by atoms with E-state index in [9.17, 15) is 57.9 Å². The number of unbranched alkanes of at least 4 members (excludes halogenated alkanes) is 1. The Labute approximate surface area is 291 Å². The van der Waals surface area contributed by atoms with Gasteiger partial charge in [0, 0.05) is 5.92 Å². The van der Waals surface area contributed by atoms with E-state index in [1.165, 1.54) is 18.2 Å². The molecule has 2 aliphatic rings. The SMILES string of the molecule is CCC/C=C\C1CC(/C=C/C2CC(/C=C\c3ccccc3)C(C(=O)OC)C2C(=O)OC)CC1C(F)(F)C(F)(F)C(F)(F)C(F)(F)C(F)(F)C(F)(F)F. The number of methoxy groups -OCH3 is 2. The Balaban J connectivity index is 2.00. The maximum atomic E-state index is 15.5. The highest BCUT2D eigenvalue weighted by atomic mass is 19.4. The fourth-order valence-electron chi connectivity index (χ4n) is 6.90. The van der Waals surface area contributed by atoms with Gasteiger partial charge in [-0.3, -0.25) is 9.59 Å². The maximum absolute atomic E-state index is 15.5. The zero-order valence-corrected chi connectivity index (χ0v) is 28.0. The Bertz CT molecular complexity index is 1470. The largest absolute Gasteiger partial charge is 0.469 e. The van der Waals surface area contributed by atoms with Crippen molar-refractivity contribution < 1.29 is 76.1 Å². The van der Waals surface area contributed by atoms with Crippen LogP contribution in [0.5, 0.6) is 0 Å². The molecule has 4 nitrogen and oxygen atoms in total. The summed E-state index contributed by atoms with van der Waals surface area (Å²) in [6, 6.07) is 8.78. The van der Waals surface area contributed by atoms with Crippen molar-refractivity contribution in [2.45, 2.75) is 74.8 Å². The van der Waals surface area contributed by atoms with Gasteiger partial charge in [-0.15, -0.1) is 0 Å². The first kappa shape index (κ1) is 42.9. The number of esters is 2. The zero-order chi connectivity index (χ0) is 39.5. The number of benzene rings is 1. The number of alkyl halides is 13. The molecule has 7 unspecified atom stereocenters. The molecule has 292 valence electrons. The molecule has 52 heavy (non-hydrogen) atoms. The molecule has 3 rings (SSSR count). The van der Waals surface area contributed by atoms with Gasteiger partial charge in [0.1, 0.15) is 0 Å². The number of ether oxygens (including phenoxy) is 2. The third-order valence-corrected chi connectivity index (χ3v) is 9.68. The molecule has 1 aromatic rings. The smallest absolute Gasteiger partial charge is 0.460 e. The molecule has 0 aliphatic heterocycles. The van der Waals surface area contributed by atoms with Gasteiger partial charge in [0.25, 0.3) is 0 Å². The van der Waals surface area contributed by atoms with Gasteiger partial charge < -0.3 is 9.47 Å². The molecule has 7 atom stereocenters. The average Bonchev–Trinajstić information content (AvgIpc) is 3.67. The first-order valence-corrected chi connectivity index (χ1v) is 16.1. The Hall–Kier alpha value is -3.53. The highest BCUT2D eigenvalue weighted by molar-refractivity contribution is 5.84. The summed E-state index contributed by atoms with van der Waals surface area (Å²) < 4.78 is 192. The Morgan fingerprint density at radius 3 is 1.67 bits per heavy atom. The molecule has 0 spiro atoms. The first-order valence-electron chi connectivity index (χ1n) is 16.1. The monoisotopic (exact) mass is 768 g/mol. The standard InChI is InChI=1S/C35H37F13O4/c1-4-5-7-12-22-17-21(18-25(22)30(36,37)31(38,39)32(40,41)33(42,43)34(44,45)35(46,47)48)14-16-24-19-23(15-13-20-10-8-6-9-11-20)26(28(49)51-2)27(24)29(50)52-3/h6-16,21-27H,4-5,17-19H2,1-3H3/b12-7-,15-13-,16-14+. The molecule has 0 N–H and O–H groups in total. The van der Waals surface area contributed by atoms with E-state index in [1.54, 1.807) is 49.4 Å². The highest BCUT2D eigenvalue weighted by Crippen LogP contribution is 2.63. The molecular formula is C35H37F13O4. The van der Waals surface area contributed by atoms with Crippen molar-refractivity contribution in [3.63, 3.8) is 0 Å². The van der Waals surface area contributed by atoms with Crippen LogP contribution >= 0.6 is 0 Å². The van der Waals surface area contributed by atoms with Crippen LogP contribution in [0.3, 0.4) is 0 Å². The van der Waals surface area contributed by atoms with E-state index in [2.05, 4.69) is 0 Å². The van der Waals surface area contributed by atoms with Crippen LogP contribution < -0.4 is 0 Å². The summed E-state index contributed by atoms with van der Waals surface area (Å²) in [6.45, 7) is 1.64. The second-order valence-electron chi connectivity index (χ2n) is 13.0. The van der Waals surface area contributed by atoms with Crippen LogP contribution in [0.25, 0.3) is 6.08 Å². The van der Waals surface area contributed by atoms with Crippen molar-refractivity contribution in [1.29, 1.82) is 0 Å². The molecule has 1 aromatic carbocycles. The van der Waals surface area contributed by atoms with Gasteiger partial charge in [-0.2, -0.15) is 57.1 Å². The van der Waals surface area contributed by atoms with E-state index in [1.807, 2.05) is 0 Å². The molecule has 0 amide bonds. The molecule has 0 bridgehead atoms. The van der Waals surface area contributed by atoms with Crippen LogP contribution in [-0.4, -0.2) is 61.9 Å². The number of carbonyl (C=O) groups excluding carboxylic acids is 2. The summed E-state index contributed by atoms with van der Waals surface area (Å²) >= 11 is 0. The minimum absolute atomic E-state index is 0.0816. The van der Waals surface area contributed by atoms with Crippen molar-refractivity contribution in [3.05, 3.63) is 66.3 Å². The minimum Gasteiger partial charge on any atom is -0.469 e. The number of hydrogen-bond donors (Lipinski definition) is 0. The van der Waals surface area contributed by atoms with Crippen LogP contribution in [0.2, 0.25) is 0 Å². The van der Waals surface area contributed by atoms with Gasteiger partial charge in [0.05, 0.1) is 26.1 Å². The summed E-state index contributed by atoms with van der Waals surface area (Å²) in [5, 5.41) is 0. The van der Waals surface area contributed by atoms with Crippen LogP contribution in [-0.2, 0) is 19.1 Å². The molecule has 2 fully saturated rings. The Kier molecular flexibility index (Phi) is 13.1. The fraction of sp³-hybridized carbons (Fsp3) is 0.600. The van der Waals surface area contributed by atoms with Gasteiger partial charge in [-0.25, -0.2) is 0 Å². The molecule has 0 saturated heterocycles. The summed E-state index contributed by atoms with van der Waals surface area (Å²) in [4.78, 5) is 25.8. The molecule has 0 aromatic heterocycles. The number of halogens is 13. The van der Waals surface area contributed by atoms with E-state index in [4.69, 9.17) is 9.47 Å². The predicted octanol–water partition coefficient (Wildman–Crippen LogP) is 10.2. The molecule has 17 heteroatoms. The summed E-state index contributed by atoms with van der Waals surface area (Å²) in [5.41, 5.74) is 0.738. The van der Waals surface area contributed by atoms with Crippen LogP contribution in [0.15, 0.2) is 60.7 Å². The second kappa shape index (κ2) is 15.8. The highest BCUT2D eigenvalue weighted by Gasteiger charge is 2.91. The third-order valence-electron chi connectivity index (χ3n) is 9.68. The van der Waals surface area contributed by atoms with Gasteiger partial charge in [-0.1, -0.05) is 80.1 Å². The molecule has 2 aliphatic carbocycles. The third kappa shape index (κ3) is 7.87. The Morgan fingerprint density at radius 2 is 1.17 bits per heavy atom. The molecular weight excluding hydrogens is 731 g/mol. The second-order valence-corrected chi connectivity index (χ2v) is 13.0. The lowest BCUT2D eigenvalue weighted by Crippen LogP contribution is -2.71. The molecule has 0 heterocycles. The van der Waals surface area contributed by atoms with E-state index in [0.717, 1.165) is 25.9 Å². The van der Waals surface area contributed by atoms with E-state index in [0.29, 0.717) is 6.42 Å². The van der Waals surface area contributed by atoms with Crippen LogP contribution in [0.4, 0.5) is 57.1 Å². The van der Waals surface area contributed by atoms with Crippen molar-refractivity contribution in [1.82, 2.24) is 0 Å². The van der Waals surface area contributed by atoms with Crippen molar-refractivity contribution in [3.8, 4) is 0 Å². The summed E-state index contributed by atoms with van der Waals surface area (Å²) in [6.07, 6.45) is -0.381. The lowest BCUT2D eigenvalue weighted by Gasteiger charge is -2.42. The summed E-state index contributed by atoms with van der Waals surface area (Å²) in [7, 11) is 2.13. The average molecular weight is 769 g/mol. The van der Waals surface area contributed by atoms with Crippen molar-refractivity contribution in [2.24, 2.45) is 41.4 Å². The topological polar surface area (TPSA) is 52.6 Å². The number of hydrogen-bond acceptors (Lipinski definition) is 4. The number of allylic oxidation sites excluding steroid dienone is 5. The maximum Gasteiger partial charge on any atom is 0.460 e. The zero-order valence-electron chi connectivity index (χ0n) is 28.0. The van der Waals surface area contributed by atoms with Crippen LogP contribution in [0, 0.1) is 41.4 Å². The fourth-order valence-corrected chi connectivity index (χ4v) is 6.90. The van der Waals surface area contributed by atoms with Gasteiger partial charge in [0.2, 0.25) is 0 Å². The summed E-state index contributed by atoms with van der Waals surface area (Å²) in [5.74, 6) is -48.6. The van der Waals surface area contributed by atoms with Crippen molar-refractivity contribution >= 4 is 18.0 Å². The minimum atomic E-state index is -7.98. The van der Waals surface area contributed by atoms with Gasteiger partial charge in [-0.05, 0) is 54.9 Å². The number of rotatable bonds is 14.